The molecule has 0 atom stereocenters. The minimum Gasteiger partial charge on any atom is -0.423 e. The van der Waals surface area contributed by atoms with Gasteiger partial charge < -0.3 is 9.72 Å². The van der Waals surface area contributed by atoms with Gasteiger partial charge in [0.2, 0.25) is 0 Å². The lowest BCUT2D eigenvalue weighted by molar-refractivity contribution is -0.135. The first kappa shape index (κ1) is 16.6. The van der Waals surface area contributed by atoms with Gasteiger partial charge in [0.15, 0.2) is 5.75 Å². The number of nitrogens with one attached hydrogen (secondary N) is 1. The fraction of sp³-hybridized carbons (Fsp3) is 0.222. The maximum absolute atomic E-state index is 12.2. The van der Waals surface area contributed by atoms with Crippen LogP contribution >= 0.6 is 22.9 Å². The van der Waals surface area contributed by atoms with Gasteiger partial charge in [0.05, 0.1) is 20.8 Å². The summed E-state index contributed by atoms with van der Waals surface area (Å²) in [6.07, 6.45) is 0.329. The third-order valence-corrected chi connectivity index (χ3v) is 4.74. The van der Waals surface area contributed by atoms with Crippen molar-refractivity contribution in [3.8, 4) is 22.4 Å². The van der Waals surface area contributed by atoms with E-state index in [0.29, 0.717) is 33.2 Å². The third kappa shape index (κ3) is 3.30. The quantitative estimate of drug-likeness (QED) is 0.637. The van der Waals surface area contributed by atoms with Crippen LogP contribution in [0.15, 0.2) is 30.3 Å². The first-order chi connectivity index (χ1) is 11.5. The van der Waals surface area contributed by atoms with Gasteiger partial charge in [0, 0.05) is 17.3 Å². The number of nitrogens with zero attached hydrogens (tertiary/aromatic N) is 1. The number of thiophene rings is 1. The fourth-order valence-electron chi connectivity index (χ4n) is 2.45. The molecule has 6 heteroatoms. The maximum atomic E-state index is 12.2. The predicted molar refractivity (Wildman–Crippen MR) is 96.4 cm³/mol. The van der Waals surface area contributed by atoms with E-state index < -0.39 is 0 Å². The number of ether oxygens (including phenoxy) is 1. The van der Waals surface area contributed by atoms with Crippen LogP contribution in [-0.4, -0.2) is 11.0 Å². The first-order valence-electron chi connectivity index (χ1n) is 7.50. The monoisotopic (exact) mass is 358 g/mol. The zero-order valence-corrected chi connectivity index (χ0v) is 14.8. The molecule has 0 aliphatic rings. The summed E-state index contributed by atoms with van der Waals surface area (Å²) in [5, 5.41) is 9.85. The van der Waals surface area contributed by atoms with E-state index in [1.165, 1.54) is 11.3 Å². The lowest BCUT2D eigenvalue weighted by atomic mass is 10.1. The highest BCUT2D eigenvalue weighted by molar-refractivity contribution is 7.19. The van der Waals surface area contributed by atoms with E-state index in [2.05, 4.69) is 11.1 Å². The Balaban J connectivity index is 2.14. The third-order valence-electron chi connectivity index (χ3n) is 3.49. The van der Waals surface area contributed by atoms with E-state index in [1.54, 1.807) is 18.2 Å². The van der Waals surface area contributed by atoms with Crippen molar-refractivity contribution in [3.63, 3.8) is 0 Å². The molecule has 0 radical (unpaired) electrons. The highest BCUT2D eigenvalue weighted by Crippen LogP contribution is 2.41. The summed E-state index contributed by atoms with van der Waals surface area (Å²) in [5.74, 6) is 0.362. The van der Waals surface area contributed by atoms with Crippen molar-refractivity contribution in [1.29, 1.82) is 5.26 Å². The molecule has 0 fully saturated rings. The molecule has 1 N–H and O–H groups in total. The minimum absolute atomic E-state index is 0.206. The Morgan fingerprint density at radius 2 is 2.17 bits per heavy atom. The lowest BCUT2D eigenvalue weighted by Gasteiger charge is -2.07. The number of carbonyl (C=O) groups excluding carboxylic acids is 1. The van der Waals surface area contributed by atoms with E-state index in [4.69, 9.17) is 21.6 Å². The molecular formula is C18H15ClN2O2S. The highest BCUT2D eigenvalue weighted by atomic mass is 35.5. The van der Waals surface area contributed by atoms with Gasteiger partial charge in [0.25, 0.3) is 0 Å². The van der Waals surface area contributed by atoms with E-state index in [1.807, 2.05) is 26.0 Å². The number of halogens is 1. The normalized spacial score (nSPS) is 11.0. The van der Waals surface area contributed by atoms with Crippen molar-refractivity contribution in [3.05, 3.63) is 40.2 Å². The Morgan fingerprint density at radius 1 is 1.38 bits per heavy atom. The molecule has 0 aliphatic carbocycles. The number of nitriles is 1. The maximum Gasteiger partial charge on any atom is 0.311 e. The summed E-state index contributed by atoms with van der Waals surface area (Å²) >= 11 is 7.44. The van der Waals surface area contributed by atoms with Crippen molar-refractivity contribution in [1.82, 2.24) is 4.98 Å². The molecule has 1 aromatic carbocycles. The van der Waals surface area contributed by atoms with Crippen LogP contribution in [0.1, 0.15) is 25.8 Å². The summed E-state index contributed by atoms with van der Waals surface area (Å²) in [6, 6.07) is 11.1. The average Bonchev–Trinajstić information content (AvgIpc) is 3.10. The number of H-pyrrole nitrogens is 1. The summed E-state index contributed by atoms with van der Waals surface area (Å²) < 4.78 is 6.31. The van der Waals surface area contributed by atoms with Crippen LogP contribution in [0.2, 0.25) is 4.34 Å². The molecule has 24 heavy (non-hydrogen) atoms. The van der Waals surface area contributed by atoms with Crippen LogP contribution in [0, 0.1) is 17.2 Å². The largest absolute Gasteiger partial charge is 0.423 e. The summed E-state index contributed by atoms with van der Waals surface area (Å²) in [6.45, 7) is 3.93. The Kier molecular flexibility index (Phi) is 4.61. The molecule has 0 amide bonds. The Labute approximate surface area is 148 Å². The topological polar surface area (TPSA) is 65.9 Å². The molecule has 0 aliphatic heterocycles. The number of fused-ring (bicyclic) bond motifs is 1. The SMILES string of the molecule is CC(C)CC(=O)Oc1c(-c2ccc(Cl)s2)[nH]c2ccc(C#N)cc12. The number of esters is 1. The number of aromatic amines is 1. The van der Waals surface area contributed by atoms with Gasteiger partial charge in [-0.15, -0.1) is 11.3 Å². The Morgan fingerprint density at radius 3 is 2.79 bits per heavy atom. The van der Waals surface area contributed by atoms with Crippen molar-refractivity contribution in [2.24, 2.45) is 5.92 Å². The summed E-state index contributed by atoms with van der Waals surface area (Å²) in [7, 11) is 0. The van der Waals surface area contributed by atoms with Gasteiger partial charge in [-0.1, -0.05) is 25.4 Å². The number of hydrogen-bond donors (Lipinski definition) is 1. The van der Waals surface area contributed by atoms with Crippen LogP contribution in [-0.2, 0) is 4.79 Å². The van der Waals surface area contributed by atoms with E-state index in [9.17, 15) is 4.79 Å². The number of hydrogen-bond acceptors (Lipinski definition) is 4. The van der Waals surface area contributed by atoms with Crippen molar-refractivity contribution >= 4 is 39.8 Å². The zero-order chi connectivity index (χ0) is 17.3. The smallest absolute Gasteiger partial charge is 0.311 e. The molecule has 0 spiro atoms. The second-order valence-electron chi connectivity index (χ2n) is 5.88. The van der Waals surface area contributed by atoms with Crippen LogP contribution in [0.4, 0.5) is 0 Å². The average molecular weight is 359 g/mol. The molecule has 0 unspecified atom stereocenters. The molecule has 0 saturated carbocycles. The van der Waals surface area contributed by atoms with Gasteiger partial charge in [-0.2, -0.15) is 5.26 Å². The minimum atomic E-state index is -0.294. The van der Waals surface area contributed by atoms with Crippen LogP contribution < -0.4 is 4.74 Å². The number of aromatic nitrogens is 1. The number of rotatable bonds is 4. The molecule has 122 valence electrons. The lowest BCUT2D eigenvalue weighted by Crippen LogP contribution is -2.11. The molecule has 2 aromatic heterocycles. The molecule has 4 nitrogen and oxygen atoms in total. The first-order valence-corrected chi connectivity index (χ1v) is 8.69. The van der Waals surface area contributed by atoms with Crippen LogP contribution in [0.5, 0.6) is 5.75 Å². The molecule has 0 bridgehead atoms. The zero-order valence-electron chi connectivity index (χ0n) is 13.2. The van der Waals surface area contributed by atoms with Crippen molar-refractivity contribution in [2.45, 2.75) is 20.3 Å². The predicted octanol–water partition coefficient (Wildman–Crippen LogP) is 5.37. The van der Waals surface area contributed by atoms with E-state index >= 15 is 0 Å². The van der Waals surface area contributed by atoms with Crippen LogP contribution in [0.3, 0.4) is 0 Å². The van der Waals surface area contributed by atoms with Gasteiger partial charge in [-0.25, -0.2) is 0 Å². The molecule has 2 heterocycles. The van der Waals surface area contributed by atoms with E-state index in [0.717, 1.165) is 10.4 Å². The van der Waals surface area contributed by atoms with Gasteiger partial charge in [-0.05, 0) is 36.2 Å². The number of carbonyl (C=O) groups is 1. The van der Waals surface area contributed by atoms with Crippen LogP contribution in [0.25, 0.3) is 21.5 Å². The summed E-state index contributed by atoms with van der Waals surface area (Å²) in [4.78, 5) is 16.3. The molecule has 3 aromatic rings. The molecule has 0 saturated heterocycles. The van der Waals surface area contributed by atoms with Gasteiger partial charge in [-0.3, -0.25) is 4.79 Å². The highest BCUT2D eigenvalue weighted by Gasteiger charge is 2.20. The fourth-order valence-corrected chi connectivity index (χ4v) is 3.49. The van der Waals surface area contributed by atoms with E-state index in [-0.39, 0.29) is 11.9 Å². The Bertz CT molecular complexity index is 950. The van der Waals surface area contributed by atoms with Gasteiger partial charge >= 0.3 is 5.97 Å². The second kappa shape index (κ2) is 6.68. The standard InChI is InChI=1S/C18H15ClN2O2S/c1-10(2)7-16(22)23-18-12-8-11(9-20)3-4-13(12)21-17(18)14-5-6-15(19)24-14/h3-6,8,10,21H,7H2,1-2H3. The summed E-state index contributed by atoms with van der Waals surface area (Å²) in [5.41, 5.74) is 2.02. The Hall–Kier alpha value is -2.29. The molecular weight excluding hydrogens is 344 g/mol. The van der Waals surface area contributed by atoms with Gasteiger partial charge in [0.1, 0.15) is 5.69 Å². The van der Waals surface area contributed by atoms with Crippen molar-refractivity contribution in [2.75, 3.05) is 0 Å². The second-order valence-corrected chi connectivity index (χ2v) is 7.59. The molecule has 3 rings (SSSR count). The van der Waals surface area contributed by atoms with Crippen molar-refractivity contribution < 1.29 is 9.53 Å². The number of benzene rings is 1.